The molecule has 0 aromatic heterocycles. The second kappa shape index (κ2) is 6.44. The van der Waals surface area contributed by atoms with Crippen LogP contribution in [-0.4, -0.2) is 44.0 Å². The molecule has 1 aromatic rings. The van der Waals surface area contributed by atoms with E-state index < -0.39 is 16.0 Å². The van der Waals surface area contributed by atoms with Crippen LogP contribution in [0, 0.1) is 5.92 Å². The quantitative estimate of drug-likeness (QED) is 0.862. The smallest absolute Gasteiger partial charge is 0.303 e. The fourth-order valence-electron chi connectivity index (χ4n) is 2.49. The Bertz CT molecular complexity index is 614. The first kappa shape index (κ1) is 15.8. The van der Waals surface area contributed by atoms with Gasteiger partial charge in [-0.3, -0.25) is 4.79 Å². The number of hydrogen-bond acceptors (Lipinski definition) is 4. The first-order chi connectivity index (χ1) is 9.93. The average Bonchev–Trinajstić information content (AvgIpc) is 2.95. The third kappa shape index (κ3) is 3.74. The molecule has 1 aliphatic rings. The highest BCUT2D eigenvalue weighted by Gasteiger charge is 2.32. The summed E-state index contributed by atoms with van der Waals surface area (Å²) in [6.45, 7) is 0.816. The second-order valence-corrected chi connectivity index (χ2v) is 7.07. The van der Waals surface area contributed by atoms with Crippen LogP contribution in [0.2, 0.25) is 0 Å². The molecule has 1 N–H and O–H groups in total. The van der Waals surface area contributed by atoms with Crippen molar-refractivity contribution >= 4 is 16.0 Å². The molecule has 1 aliphatic heterocycles. The summed E-state index contributed by atoms with van der Waals surface area (Å²) in [6.07, 6.45) is 1.30. The fraction of sp³-hybridized carbons (Fsp3) is 0.500. The van der Waals surface area contributed by atoms with Crippen molar-refractivity contribution in [2.45, 2.75) is 24.2 Å². The molecular weight excluding hydrogens is 294 g/mol. The maximum Gasteiger partial charge on any atom is 0.303 e. The molecule has 2 rings (SSSR count). The number of carboxylic acids is 1. The predicted molar refractivity (Wildman–Crippen MR) is 76.7 cm³/mol. The molecule has 0 amide bonds. The zero-order chi connectivity index (χ0) is 15.5. The molecule has 1 saturated heterocycles. The van der Waals surface area contributed by atoms with Gasteiger partial charge < -0.3 is 9.84 Å². The summed E-state index contributed by atoms with van der Waals surface area (Å²) in [7, 11) is -2.05. The molecule has 1 heterocycles. The zero-order valence-corrected chi connectivity index (χ0v) is 12.7. The van der Waals surface area contributed by atoms with E-state index in [-0.39, 0.29) is 17.2 Å². The van der Waals surface area contributed by atoms with Crippen molar-refractivity contribution in [2.75, 3.05) is 20.2 Å². The molecule has 1 aromatic carbocycles. The topological polar surface area (TPSA) is 83.9 Å². The van der Waals surface area contributed by atoms with Crippen molar-refractivity contribution < 1.29 is 23.1 Å². The summed E-state index contributed by atoms with van der Waals surface area (Å²) >= 11 is 0. The van der Waals surface area contributed by atoms with Gasteiger partial charge in [0.2, 0.25) is 10.0 Å². The third-order valence-corrected chi connectivity index (χ3v) is 5.56. The Kier molecular flexibility index (Phi) is 4.84. The van der Waals surface area contributed by atoms with Crippen molar-refractivity contribution in [3.05, 3.63) is 24.3 Å². The van der Waals surface area contributed by atoms with E-state index in [1.54, 1.807) is 18.2 Å². The van der Waals surface area contributed by atoms with Gasteiger partial charge in [-0.25, -0.2) is 8.42 Å². The molecule has 7 heteroatoms. The summed E-state index contributed by atoms with van der Waals surface area (Å²) in [5.41, 5.74) is 0. The highest BCUT2D eigenvalue weighted by atomic mass is 32.2. The summed E-state index contributed by atoms with van der Waals surface area (Å²) in [6, 6.07) is 6.38. The predicted octanol–water partition coefficient (Wildman–Crippen LogP) is 1.57. The van der Waals surface area contributed by atoms with Crippen molar-refractivity contribution in [1.29, 1.82) is 0 Å². The fourth-order valence-corrected chi connectivity index (χ4v) is 4.06. The summed E-state index contributed by atoms with van der Waals surface area (Å²) in [4.78, 5) is 10.8. The number of methoxy groups -OCH3 is 1. The first-order valence-electron chi connectivity index (χ1n) is 6.79. The first-order valence-corrected chi connectivity index (χ1v) is 8.23. The minimum atomic E-state index is -3.54. The van der Waals surface area contributed by atoms with Crippen LogP contribution in [0.5, 0.6) is 5.75 Å². The SMILES string of the molecule is COc1cccc(S(=O)(=O)N2CCC(CCC(=O)O)C2)c1. The molecule has 6 nitrogen and oxygen atoms in total. The Morgan fingerprint density at radius 3 is 2.90 bits per heavy atom. The highest BCUT2D eigenvalue weighted by Crippen LogP contribution is 2.28. The van der Waals surface area contributed by atoms with Gasteiger partial charge in [0.05, 0.1) is 12.0 Å². The number of hydrogen-bond donors (Lipinski definition) is 1. The van der Waals surface area contributed by atoms with Gasteiger partial charge in [0, 0.05) is 25.6 Å². The Balaban J connectivity index is 2.08. The van der Waals surface area contributed by atoms with Gasteiger partial charge in [-0.05, 0) is 30.9 Å². The monoisotopic (exact) mass is 313 g/mol. The van der Waals surface area contributed by atoms with Gasteiger partial charge in [-0.1, -0.05) is 6.07 Å². The molecule has 0 aliphatic carbocycles. The van der Waals surface area contributed by atoms with Crippen molar-refractivity contribution in [2.24, 2.45) is 5.92 Å². The summed E-state index contributed by atoms with van der Waals surface area (Å²) in [5.74, 6) is -0.233. The van der Waals surface area contributed by atoms with Crippen LogP contribution in [0.4, 0.5) is 0 Å². The lowest BCUT2D eigenvalue weighted by Crippen LogP contribution is -2.29. The average molecular weight is 313 g/mol. The number of benzene rings is 1. The number of carbonyl (C=O) groups is 1. The van der Waals surface area contributed by atoms with Gasteiger partial charge in [0.25, 0.3) is 0 Å². The molecule has 21 heavy (non-hydrogen) atoms. The Morgan fingerprint density at radius 2 is 2.24 bits per heavy atom. The molecule has 0 spiro atoms. The molecule has 1 fully saturated rings. The zero-order valence-electron chi connectivity index (χ0n) is 11.9. The van der Waals surface area contributed by atoms with Crippen LogP contribution in [0.25, 0.3) is 0 Å². The molecule has 0 bridgehead atoms. The second-order valence-electron chi connectivity index (χ2n) is 5.13. The number of aliphatic carboxylic acids is 1. The van der Waals surface area contributed by atoms with Crippen molar-refractivity contribution in [3.8, 4) is 5.75 Å². The van der Waals surface area contributed by atoms with E-state index in [2.05, 4.69) is 0 Å². The van der Waals surface area contributed by atoms with Gasteiger partial charge in [-0.15, -0.1) is 0 Å². The number of nitrogens with zero attached hydrogens (tertiary/aromatic N) is 1. The van der Waals surface area contributed by atoms with E-state index in [4.69, 9.17) is 9.84 Å². The largest absolute Gasteiger partial charge is 0.497 e. The number of carboxylic acid groups (broad SMARTS) is 1. The maximum atomic E-state index is 12.5. The molecular formula is C14H19NO5S. The van der Waals surface area contributed by atoms with Crippen molar-refractivity contribution in [1.82, 2.24) is 4.31 Å². The lowest BCUT2D eigenvalue weighted by atomic mass is 10.0. The summed E-state index contributed by atoms with van der Waals surface area (Å²) < 4.78 is 31.6. The number of ether oxygens (including phenoxy) is 1. The van der Waals surface area contributed by atoms with Crippen LogP contribution in [-0.2, 0) is 14.8 Å². The maximum absolute atomic E-state index is 12.5. The molecule has 0 saturated carbocycles. The van der Waals surface area contributed by atoms with E-state index in [0.717, 1.165) is 0 Å². The Hall–Kier alpha value is -1.60. The standard InChI is InChI=1S/C14H19NO5S/c1-20-12-3-2-4-13(9-12)21(18,19)15-8-7-11(10-15)5-6-14(16)17/h2-4,9,11H,5-8,10H2,1H3,(H,16,17). The van der Waals surface area contributed by atoms with Gasteiger partial charge in [-0.2, -0.15) is 4.31 Å². The minimum Gasteiger partial charge on any atom is -0.497 e. The third-order valence-electron chi connectivity index (χ3n) is 3.69. The van der Waals surface area contributed by atoms with Crippen LogP contribution < -0.4 is 4.74 Å². The molecule has 0 radical (unpaired) electrons. The lowest BCUT2D eigenvalue weighted by Gasteiger charge is -2.17. The van der Waals surface area contributed by atoms with Crippen LogP contribution >= 0.6 is 0 Å². The number of sulfonamides is 1. The number of rotatable bonds is 6. The molecule has 116 valence electrons. The van der Waals surface area contributed by atoms with Gasteiger partial charge in [0.15, 0.2) is 0 Å². The molecule has 1 unspecified atom stereocenters. The minimum absolute atomic E-state index is 0.0811. The Morgan fingerprint density at radius 1 is 1.48 bits per heavy atom. The van der Waals surface area contributed by atoms with Crippen LogP contribution in [0.15, 0.2) is 29.2 Å². The normalized spacial score (nSPS) is 19.6. The highest BCUT2D eigenvalue weighted by molar-refractivity contribution is 7.89. The van der Waals surface area contributed by atoms with E-state index in [1.165, 1.54) is 17.5 Å². The van der Waals surface area contributed by atoms with Crippen molar-refractivity contribution in [3.63, 3.8) is 0 Å². The summed E-state index contributed by atoms with van der Waals surface area (Å²) in [5, 5.41) is 8.69. The van der Waals surface area contributed by atoms with E-state index in [1.807, 2.05) is 0 Å². The van der Waals surface area contributed by atoms with Gasteiger partial charge >= 0.3 is 5.97 Å². The van der Waals surface area contributed by atoms with Gasteiger partial charge in [0.1, 0.15) is 5.75 Å². The Labute approximate surface area is 124 Å². The van der Waals surface area contributed by atoms with E-state index in [0.29, 0.717) is 31.7 Å². The van der Waals surface area contributed by atoms with Crippen LogP contribution in [0.3, 0.4) is 0 Å². The van der Waals surface area contributed by atoms with E-state index in [9.17, 15) is 13.2 Å². The van der Waals surface area contributed by atoms with Crippen LogP contribution in [0.1, 0.15) is 19.3 Å². The molecule has 1 atom stereocenters. The lowest BCUT2D eigenvalue weighted by molar-refractivity contribution is -0.137. The van der Waals surface area contributed by atoms with E-state index >= 15 is 0 Å².